The Hall–Kier alpha value is -0.930. The van der Waals surface area contributed by atoms with Gasteiger partial charge in [0.2, 0.25) is 0 Å². The van der Waals surface area contributed by atoms with Gasteiger partial charge >= 0.3 is 5.97 Å². The van der Waals surface area contributed by atoms with Crippen molar-refractivity contribution in [3.63, 3.8) is 0 Å². The third-order valence-electron chi connectivity index (χ3n) is 2.29. The van der Waals surface area contributed by atoms with Gasteiger partial charge in [0.1, 0.15) is 0 Å². The molecule has 19 heavy (non-hydrogen) atoms. The highest BCUT2D eigenvalue weighted by Crippen LogP contribution is 2.23. The normalized spacial score (nSPS) is 10.2. The van der Waals surface area contributed by atoms with Crippen LogP contribution in [-0.4, -0.2) is 17.0 Å². The number of hydrogen-bond acceptors (Lipinski definition) is 3. The number of anilines is 1. The fraction of sp³-hybridized carbons (Fsp3) is 0. The molecule has 0 fully saturated rings. The van der Waals surface area contributed by atoms with E-state index < -0.39 is 5.97 Å². The largest absolute Gasteiger partial charge is 0.478 e. The Morgan fingerprint density at radius 1 is 1.32 bits per heavy atom. The van der Waals surface area contributed by atoms with E-state index >= 15 is 0 Å². The van der Waals surface area contributed by atoms with Crippen molar-refractivity contribution in [2.45, 2.75) is 0 Å². The van der Waals surface area contributed by atoms with Crippen LogP contribution in [0.4, 0.5) is 5.69 Å². The van der Waals surface area contributed by atoms with Crippen molar-refractivity contribution >= 4 is 67.4 Å². The first kappa shape index (κ1) is 14.5. The molecule has 0 bridgehead atoms. The highest BCUT2D eigenvalue weighted by molar-refractivity contribution is 14.1. The summed E-state index contributed by atoms with van der Waals surface area (Å²) in [6.07, 6.45) is 0. The lowest BCUT2D eigenvalue weighted by Crippen LogP contribution is -2.14. The van der Waals surface area contributed by atoms with E-state index in [2.05, 4.69) is 43.8 Å². The van der Waals surface area contributed by atoms with Crippen LogP contribution in [0.3, 0.4) is 0 Å². The van der Waals surface area contributed by atoms with Crippen molar-refractivity contribution in [1.29, 1.82) is 0 Å². The van der Waals surface area contributed by atoms with Gasteiger partial charge in [0.05, 0.1) is 19.7 Å². The smallest absolute Gasteiger partial charge is 0.337 e. The summed E-state index contributed by atoms with van der Waals surface area (Å²) in [6.45, 7) is 0. The lowest BCUT2D eigenvalue weighted by atomic mass is 10.1. The van der Waals surface area contributed by atoms with Gasteiger partial charge in [0.15, 0.2) is 0 Å². The molecule has 0 aliphatic rings. The number of hydrogen-bond donors (Lipinski definition) is 2. The quantitative estimate of drug-likeness (QED) is 0.691. The highest BCUT2D eigenvalue weighted by atomic mass is 127. The predicted molar refractivity (Wildman–Crippen MR) is 86.1 cm³/mol. The summed E-state index contributed by atoms with van der Waals surface area (Å²) in [7, 11) is 0. The molecule has 0 saturated heterocycles. The first-order chi connectivity index (χ1) is 8.97. The fourth-order valence-electron chi connectivity index (χ4n) is 1.43. The maximum Gasteiger partial charge on any atom is 0.337 e. The summed E-state index contributed by atoms with van der Waals surface area (Å²) in [5, 5.41) is 13.5. The number of benzene rings is 1. The second kappa shape index (κ2) is 6.02. The molecule has 0 atom stereocenters. The number of carbonyl (C=O) groups is 2. The Bertz CT molecular complexity index is 656. The average Bonchev–Trinajstić information content (AvgIpc) is 2.78. The molecule has 2 N–H and O–H groups in total. The zero-order valence-electron chi connectivity index (χ0n) is 9.31. The predicted octanol–water partition coefficient (Wildman–Crippen LogP) is 4.07. The minimum Gasteiger partial charge on any atom is -0.478 e. The molecular formula is C12H7BrINO3S. The molecule has 0 saturated carbocycles. The number of halogens is 2. The number of carboxylic acids is 1. The van der Waals surface area contributed by atoms with E-state index in [0.29, 0.717) is 10.0 Å². The summed E-state index contributed by atoms with van der Waals surface area (Å²) in [5.41, 5.74) is 0.850. The second-order valence-electron chi connectivity index (χ2n) is 3.59. The molecule has 1 aromatic carbocycles. The van der Waals surface area contributed by atoms with Crippen molar-refractivity contribution in [1.82, 2.24) is 0 Å². The number of aromatic carboxylic acids is 1. The van der Waals surface area contributed by atoms with Gasteiger partial charge in [-0.2, -0.15) is 0 Å². The number of carboxylic acid groups (broad SMARTS) is 1. The van der Waals surface area contributed by atoms with Gasteiger partial charge in [-0.05, 0) is 46.9 Å². The third kappa shape index (κ3) is 3.54. The molecule has 2 aromatic rings. The summed E-state index contributed by atoms with van der Waals surface area (Å²) >= 11 is 6.79. The van der Waals surface area contributed by atoms with Crippen LogP contribution in [-0.2, 0) is 0 Å². The van der Waals surface area contributed by atoms with Gasteiger partial charge in [-0.1, -0.05) is 15.9 Å². The Morgan fingerprint density at radius 2 is 2.05 bits per heavy atom. The Morgan fingerprint density at radius 3 is 2.63 bits per heavy atom. The van der Waals surface area contributed by atoms with Gasteiger partial charge in [-0.3, -0.25) is 4.79 Å². The molecular weight excluding hydrogens is 445 g/mol. The van der Waals surface area contributed by atoms with Crippen LogP contribution in [0.25, 0.3) is 0 Å². The molecule has 7 heteroatoms. The van der Waals surface area contributed by atoms with Gasteiger partial charge in [-0.25, -0.2) is 4.79 Å². The van der Waals surface area contributed by atoms with Gasteiger partial charge < -0.3 is 10.4 Å². The fourth-order valence-corrected chi connectivity index (χ4v) is 3.11. The molecule has 1 aromatic heterocycles. The SMILES string of the molecule is O=C(Nc1ccc(Br)cc1C(=O)O)c1csc(I)c1. The highest BCUT2D eigenvalue weighted by Gasteiger charge is 2.14. The zero-order chi connectivity index (χ0) is 14.0. The summed E-state index contributed by atoms with van der Waals surface area (Å²) in [4.78, 5) is 23.1. The van der Waals surface area contributed by atoms with Crippen molar-refractivity contribution in [2.24, 2.45) is 0 Å². The topological polar surface area (TPSA) is 66.4 Å². The van der Waals surface area contributed by atoms with Crippen LogP contribution in [0.5, 0.6) is 0 Å². The van der Waals surface area contributed by atoms with E-state index in [0.717, 1.165) is 2.88 Å². The second-order valence-corrected chi connectivity index (χ2v) is 7.31. The molecule has 2 rings (SSSR count). The summed E-state index contributed by atoms with van der Waals surface area (Å²) < 4.78 is 1.64. The van der Waals surface area contributed by atoms with E-state index in [1.54, 1.807) is 23.6 Å². The summed E-state index contributed by atoms with van der Waals surface area (Å²) in [5.74, 6) is -1.40. The minimum atomic E-state index is -1.09. The molecule has 0 radical (unpaired) electrons. The van der Waals surface area contributed by atoms with Gasteiger partial charge in [0, 0.05) is 9.85 Å². The standard InChI is InChI=1S/C12H7BrINO3S/c13-7-1-2-9(8(4-7)12(17)18)15-11(16)6-3-10(14)19-5-6/h1-5H,(H,15,16)(H,17,18). The van der Waals surface area contributed by atoms with Crippen LogP contribution in [0.2, 0.25) is 0 Å². The van der Waals surface area contributed by atoms with E-state index in [9.17, 15) is 9.59 Å². The lowest BCUT2D eigenvalue weighted by Gasteiger charge is -2.08. The van der Waals surface area contributed by atoms with Gasteiger partial charge in [0.25, 0.3) is 5.91 Å². The number of carbonyl (C=O) groups excluding carboxylic acids is 1. The first-order valence-electron chi connectivity index (χ1n) is 5.05. The molecule has 98 valence electrons. The first-order valence-corrected chi connectivity index (χ1v) is 7.81. The maximum absolute atomic E-state index is 12.0. The molecule has 1 amide bonds. The van der Waals surface area contributed by atoms with Crippen LogP contribution in [0.1, 0.15) is 20.7 Å². The monoisotopic (exact) mass is 451 g/mol. The van der Waals surface area contributed by atoms with Gasteiger partial charge in [-0.15, -0.1) is 11.3 Å². The van der Waals surface area contributed by atoms with Crippen molar-refractivity contribution in [2.75, 3.05) is 5.32 Å². The number of thiophene rings is 1. The maximum atomic E-state index is 12.0. The number of nitrogens with one attached hydrogen (secondary N) is 1. The van der Waals surface area contributed by atoms with E-state index in [4.69, 9.17) is 5.11 Å². The van der Waals surface area contributed by atoms with Crippen molar-refractivity contribution in [3.8, 4) is 0 Å². The van der Waals surface area contributed by atoms with Crippen molar-refractivity contribution < 1.29 is 14.7 Å². The molecule has 0 aliphatic carbocycles. The van der Waals surface area contributed by atoms with E-state index in [1.807, 2.05) is 0 Å². The van der Waals surface area contributed by atoms with E-state index in [1.165, 1.54) is 17.4 Å². The third-order valence-corrected chi connectivity index (χ3v) is 4.57. The molecule has 0 aliphatic heterocycles. The van der Waals surface area contributed by atoms with Crippen LogP contribution in [0.15, 0.2) is 34.1 Å². The molecule has 0 unspecified atom stereocenters. The Balaban J connectivity index is 2.28. The van der Waals surface area contributed by atoms with Crippen molar-refractivity contribution in [3.05, 3.63) is 48.1 Å². The summed E-state index contributed by atoms with van der Waals surface area (Å²) in [6, 6.07) is 6.44. The Labute approximate surface area is 135 Å². The Kier molecular flexibility index (Phi) is 4.58. The molecule has 1 heterocycles. The number of amides is 1. The molecule has 4 nitrogen and oxygen atoms in total. The van der Waals surface area contributed by atoms with Crippen LogP contribution < -0.4 is 5.32 Å². The molecule has 0 spiro atoms. The van der Waals surface area contributed by atoms with Crippen LogP contribution in [0, 0.1) is 2.88 Å². The minimum absolute atomic E-state index is 0.0488. The average molecular weight is 452 g/mol. The van der Waals surface area contributed by atoms with E-state index in [-0.39, 0.29) is 17.2 Å². The lowest BCUT2D eigenvalue weighted by molar-refractivity contribution is 0.0698. The zero-order valence-corrected chi connectivity index (χ0v) is 13.9. The van der Waals surface area contributed by atoms with Crippen LogP contribution >= 0.6 is 49.9 Å². The number of rotatable bonds is 3.